The van der Waals surface area contributed by atoms with Crippen LogP contribution in [-0.2, 0) is 25.5 Å². The van der Waals surface area contributed by atoms with Crippen molar-refractivity contribution in [1.29, 1.82) is 0 Å². The smallest absolute Gasteiger partial charge is 0.320 e. The Morgan fingerprint density at radius 2 is 1.23 bits per heavy atom. The van der Waals surface area contributed by atoms with Gasteiger partial charge in [0.2, 0.25) is 0 Å². The lowest BCUT2D eigenvalue weighted by atomic mass is 9.96. The quantitative estimate of drug-likeness (QED) is 0.228. The van der Waals surface area contributed by atoms with Crippen LogP contribution in [0.4, 0.5) is 0 Å². The molecule has 31 heavy (non-hydrogen) atoms. The van der Waals surface area contributed by atoms with Crippen LogP contribution in [0.15, 0.2) is 30.3 Å². The molecule has 0 N–H and O–H groups in total. The predicted molar refractivity (Wildman–Crippen MR) is 123 cm³/mol. The molecule has 2 aliphatic carbocycles. The third kappa shape index (κ3) is 8.66. The van der Waals surface area contributed by atoms with Gasteiger partial charge < -0.3 is 9.47 Å². The second kappa shape index (κ2) is 13.5. The van der Waals surface area contributed by atoms with Gasteiger partial charge in [0.15, 0.2) is 5.92 Å². The molecule has 0 radical (unpaired) electrons. The van der Waals surface area contributed by atoms with Gasteiger partial charge in [0, 0.05) is 0 Å². The van der Waals surface area contributed by atoms with Crippen molar-refractivity contribution in [2.24, 2.45) is 5.92 Å². The van der Waals surface area contributed by atoms with E-state index in [1.165, 1.54) is 18.4 Å². The van der Waals surface area contributed by atoms with E-state index in [1.807, 2.05) is 6.07 Å². The lowest BCUT2D eigenvalue weighted by molar-refractivity contribution is -0.170. The van der Waals surface area contributed by atoms with Gasteiger partial charge in [-0.1, -0.05) is 62.4 Å². The van der Waals surface area contributed by atoms with Crippen molar-refractivity contribution in [3.63, 3.8) is 0 Å². The number of esters is 2. The summed E-state index contributed by atoms with van der Waals surface area (Å²) in [6.07, 6.45) is 16.3. The number of hydrogen-bond donors (Lipinski definition) is 0. The summed E-state index contributed by atoms with van der Waals surface area (Å²) in [6, 6.07) is 10.5. The predicted octanol–water partition coefficient (Wildman–Crippen LogP) is 6.55. The molecular weight excluding hydrogens is 388 g/mol. The Labute approximate surface area is 188 Å². The maximum absolute atomic E-state index is 12.9. The molecule has 4 heteroatoms. The maximum Gasteiger partial charge on any atom is 0.320 e. The number of carbonyl (C=O) groups is 2. The fourth-order valence-corrected chi connectivity index (χ4v) is 4.87. The van der Waals surface area contributed by atoms with E-state index >= 15 is 0 Å². The molecule has 0 saturated heterocycles. The summed E-state index contributed by atoms with van der Waals surface area (Å²) in [5, 5.41) is 0. The SMILES string of the molecule is O=C(OC1CCCCC1)C(CCCCCCc1ccccc1)C(=O)OC1CCCCC1. The number of benzene rings is 1. The molecule has 1 aromatic carbocycles. The molecule has 172 valence electrons. The Hall–Kier alpha value is -1.84. The Kier molecular flexibility index (Phi) is 10.4. The number of hydrogen-bond acceptors (Lipinski definition) is 4. The third-order valence-corrected chi connectivity index (χ3v) is 6.79. The van der Waals surface area contributed by atoms with E-state index in [2.05, 4.69) is 24.3 Å². The Morgan fingerprint density at radius 1 is 0.710 bits per heavy atom. The van der Waals surface area contributed by atoms with Crippen molar-refractivity contribution in [2.45, 2.75) is 115 Å². The largest absolute Gasteiger partial charge is 0.462 e. The van der Waals surface area contributed by atoms with Gasteiger partial charge in [-0.15, -0.1) is 0 Å². The second-order valence-electron chi connectivity index (χ2n) is 9.38. The minimum Gasteiger partial charge on any atom is -0.462 e. The molecule has 0 spiro atoms. The molecule has 0 bridgehead atoms. The fourth-order valence-electron chi connectivity index (χ4n) is 4.87. The molecule has 0 heterocycles. The Morgan fingerprint density at radius 3 is 1.77 bits per heavy atom. The fraction of sp³-hybridized carbons (Fsp3) is 0.704. The van der Waals surface area contributed by atoms with E-state index < -0.39 is 5.92 Å². The molecule has 2 aliphatic rings. The van der Waals surface area contributed by atoms with Crippen LogP contribution in [0.5, 0.6) is 0 Å². The van der Waals surface area contributed by atoms with E-state index in [9.17, 15) is 9.59 Å². The van der Waals surface area contributed by atoms with E-state index in [0.717, 1.165) is 83.5 Å². The summed E-state index contributed by atoms with van der Waals surface area (Å²) in [6.45, 7) is 0. The molecule has 2 fully saturated rings. The van der Waals surface area contributed by atoms with Gasteiger partial charge in [-0.25, -0.2) is 0 Å². The summed E-state index contributed by atoms with van der Waals surface area (Å²) in [4.78, 5) is 25.8. The minimum atomic E-state index is -0.752. The van der Waals surface area contributed by atoms with Crippen molar-refractivity contribution < 1.29 is 19.1 Å². The topological polar surface area (TPSA) is 52.6 Å². The monoisotopic (exact) mass is 428 g/mol. The van der Waals surface area contributed by atoms with Crippen LogP contribution in [0.2, 0.25) is 0 Å². The summed E-state index contributed by atoms with van der Waals surface area (Å²) < 4.78 is 11.5. The standard InChI is InChI=1S/C27H40O4/c28-26(30-23-17-9-4-10-18-23)25(27(29)31-24-19-11-5-12-20-24)21-13-2-1-6-14-22-15-7-3-8-16-22/h3,7-8,15-16,23-25H,1-2,4-6,9-14,17-21H2. The molecule has 0 unspecified atom stereocenters. The van der Waals surface area contributed by atoms with Crippen LogP contribution >= 0.6 is 0 Å². The lowest BCUT2D eigenvalue weighted by Crippen LogP contribution is -2.34. The van der Waals surface area contributed by atoms with Gasteiger partial charge in [-0.05, 0) is 76.2 Å². The number of carbonyl (C=O) groups excluding carboxylic acids is 2. The first-order chi connectivity index (χ1) is 15.2. The molecule has 0 atom stereocenters. The average Bonchev–Trinajstić information content (AvgIpc) is 2.80. The van der Waals surface area contributed by atoms with E-state index in [-0.39, 0.29) is 24.1 Å². The third-order valence-electron chi connectivity index (χ3n) is 6.79. The van der Waals surface area contributed by atoms with Gasteiger partial charge in [-0.3, -0.25) is 9.59 Å². The van der Waals surface area contributed by atoms with Crippen LogP contribution < -0.4 is 0 Å². The highest BCUT2D eigenvalue weighted by Gasteiger charge is 2.33. The van der Waals surface area contributed by atoms with Crippen molar-refractivity contribution in [3.8, 4) is 0 Å². The van der Waals surface area contributed by atoms with Crippen LogP contribution in [-0.4, -0.2) is 24.1 Å². The van der Waals surface area contributed by atoms with Gasteiger partial charge in [0.05, 0.1) is 0 Å². The summed E-state index contributed by atoms with van der Waals surface area (Å²) in [5.41, 5.74) is 1.37. The van der Waals surface area contributed by atoms with Crippen LogP contribution in [0.25, 0.3) is 0 Å². The summed E-state index contributed by atoms with van der Waals surface area (Å²) >= 11 is 0. The summed E-state index contributed by atoms with van der Waals surface area (Å²) in [5.74, 6) is -1.45. The highest BCUT2D eigenvalue weighted by atomic mass is 16.6. The molecule has 0 amide bonds. The zero-order valence-corrected chi connectivity index (χ0v) is 19.1. The van der Waals surface area contributed by atoms with Crippen LogP contribution in [0.1, 0.15) is 102 Å². The van der Waals surface area contributed by atoms with Gasteiger partial charge in [0.1, 0.15) is 12.2 Å². The first-order valence-electron chi connectivity index (χ1n) is 12.7. The minimum absolute atomic E-state index is 0.0166. The molecular formula is C27H40O4. The van der Waals surface area contributed by atoms with Crippen LogP contribution in [0.3, 0.4) is 0 Å². The highest BCUT2D eigenvalue weighted by molar-refractivity contribution is 5.95. The molecule has 0 aromatic heterocycles. The number of aryl methyl sites for hydroxylation is 1. The number of ether oxygens (including phenoxy) is 2. The normalized spacial score (nSPS) is 18.1. The first-order valence-corrected chi connectivity index (χ1v) is 12.7. The zero-order valence-electron chi connectivity index (χ0n) is 19.1. The van der Waals surface area contributed by atoms with Crippen molar-refractivity contribution in [3.05, 3.63) is 35.9 Å². The Balaban J connectivity index is 1.44. The van der Waals surface area contributed by atoms with Gasteiger partial charge in [-0.2, -0.15) is 0 Å². The number of rotatable bonds is 11. The molecule has 1 aromatic rings. The van der Waals surface area contributed by atoms with E-state index in [1.54, 1.807) is 0 Å². The van der Waals surface area contributed by atoms with Gasteiger partial charge in [0.25, 0.3) is 0 Å². The number of unbranched alkanes of at least 4 members (excludes halogenated alkanes) is 3. The maximum atomic E-state index is 12.9. The van der Waals surface area contributed by atoms with Crippen LogP contribution in [0, 0.1) is 5.92 Å². The average molecular weight is 429 g/mol. The first kappa shape index (κ1) is 23.8. The van der Waals surface area contributed by atoms with E-state index in [4.69, 9.17) is 9.47 Å². The van der Waals surface area contributed by atoms with E-state index in [0.29, 0.717) is 6.42 Å². The van der Waals surface area contributed by atoms with Crippen molar-refractivity contribution in [1.82, 2.24) is 0 Å². The van der Waals surface area contributed by atoms with Crippen molar-refractivity contribution in [2.75, 3.05) is 0 Å². The lowest BCUT2D eigenvalue weighted by Gasteiger charge is -2.26. The molecule has 0 aliphatic heterocycles. The summed E-state index contributed by atoms with van der Waals surface area (Å²) in [7, 11) is 0. The molecule has 2 saturated carbocycles. The van der Waals surface area contributed by atoms with Crippen molar-refractivity contribution >= 4 is 11.9 Å². The van der Waals surface area contributed by atoms with Gasteiger partial charge >= 0.3 is 11.9 Å². The molecule has 3 rings (SSSR count). The zero-order chi connectivity index (χ0) is 21.7. The second-order valence-corrected chi connectivity index (χ2v) is 9.38. The highest BCUT2D eigenvalue weighted by Crippen LogP contribution is 2.26. The molecule has 4 nitrogen and oxygen atoms in total. The Bertz CT molecular complexity index is 612.